The zero-order valence-corrected chi connectivity index (χ0v) is 69.4. The molecule has 0 spiro atoms. The number of carbonyl (C=O) groups excluding carboxylic acids is 7. The Morgan fingerprint density at radius 1 is 0.680 bits per heavy atom. The first kappa shape index (κ1) is 92.1. The van der Waals surface area contributed by atoms with Gasteiger partial charge >= 0.3 is 5.97 Å². The first-order valence-corrected chi connectivity index (χ1v) is 41.0. The van der Waals surface area contributed by atoms with Crippen molar-refractivity contribution in [2.45, 2.75) is 193 Å². The molecule has 11 bridgehead atoms. The third kappa shape index (κ3) is 20.2. The molecule has 0 aliphatic carbocycles. The van der Waals surface area contributed by atoms with E-state index in [1.165, 1.54) is 56.5 Å². The molecule has 3 fully saturated rings. The van der Waals surface area contributed by atoms with E-state index in [-0.39, 0.29) is 43.0 Å². The van der Waals surface area contributed by atoms with Crippen LogP contribution in [0.4, 0.5) is 4.39 Å². The quantitative estimate of drug-likeness (QED) is 0.0515. The molecule has 7 amide bonds. The average molecular weight is 1800 g/mol. The molecule has 1 aromatic heterocycles. The van der Waals surface area contributed by atoms with E-state index in [4.69, 9.17) is 72.6 Å². The summed E-state index contributed by atoms with van der Waals surface area (Å²) in [4.78, 5) is 122. The maximum absolute atomic E-state index is 16.4. The fraction of sp³-hybridized carbons (Fsp3) is 0.422. The molecule has 0 saturated carbocycles. The lowest BCUT2D eigenvalue weighted by Gasteiger charge is -2.46. The van der Waals surface area contributed by atoms with E-state index >= 15 is 24.0 Å². The Bertz CT molecular complexity index is 5250. The number of aliphatic carboxylic acids is 1. The molecular formula is C83H93Cl2FN10O28S. The number of nitrogens with two attached hydrogens (primary N) is 2. The number of aliphatic hydroxyl groups excluding tert-OH is 8. The number of thiophene rings is 1. The van der Waals surface area contributed by atoms with Crippen LogP contribution < -0.4 is 68.2 Å². The molecule has 23 atom stereocenters. The summed E-state index contributed by atoms with van der Waals surface area (Å²) in [5, 5.41) is 159. The van der Waals surface area contributed by atoms with Crippen LogP contribution in [0.25, 0.3) is 21.6 Å². The molecule has 670 valence electrons. The third-order valence-electron chi connectivity index (χ3n) is 22.1. The van der Waals surface area contributed by atoms with Crippen LogP contribution in [-0.4, -0.2) is 238 Å². The van der Waals surface area contributed by atoms with Crippen LogP contribution in [0.2, 0.25) is 10.0 Å². The lowest BCUT2D eigenvalue weighted by molar-refractivity contribution is -0.350. The van der Waals surface area contributed by atoms with Crippen LogP contribution in [-0.2, 0) is 68.6 Å². The van der Waals surface area contributed by atoms with Gasteiger partial charge in [-0.05, 0) is 140 Å². The van der Waals surface area contributed by atoms with Crippen LogP contribution in [0.15, 0.2) is 115 Å². The Morgan fingerprint density at radius 2 is 1.33 bits per heavy atom. The fourth-order valence-electron chi connectivity index (χ4n) is 15.6. The second-order valence-corrected chi connectivity index (χ2v) is 33.7. The van der Waals surface area contributed by atoms with Crippen molar-refractivity contribution in [2.24, 2.45) is 17.4 Å². The lowest BCUT2D eigenvalue weighted by Crippen LogP contribution is -2.65. The highest BCUT2D eigenvalue weighted by molar-refractivity contribution is 7.15. The lowest BCUT2D eigenvalue weighted by atomic mass is 9.86. The molecule has 6 aromatic carbocycles. The van der Waals surface area contributed by atoms with Crippen molar-refractivity contribution in [1.82, 2.24) is 42.5 Å². The van der Waals surface area contributed by atoms with E-state index in [1.54, 1.807) is 38.1 Å². The zero-order chi connectivity index (χ0) is 90.2. The van der Waals surface area contributed by atoms with Gasteiger partial charge in [-0.2, -0.15) is 0 Å². The number of phenolic OH excluding ortho intramolecular Hbond substituents is 3. The summed E-state index contributed by atoms with van der Waals surface area (Å²) in [5.74, 6) is -17.2. The van der Waals surface area contributed by atoms with Gasteiger partial charge in [0.05, 0.1) is 41.3 Å². The molecule has 3 saturated heterocycles. The summed E-state index contributed by atoms with van der Waals surface area (Å²) in [6.45, 7) is 5.36. The molecule has 42 heteroatoms. The number of carboxylic acids is 1. The van der Waals surface area contributed by atoms with Gasteiger partial charge in [0, 0.05) is 57.6 Å². The summed E-state index contributed by atoms with van der Waals surface area (Å²) >= 11 is 15.8. The zero-order valence-electron chi connectivity index (χ0n) is 67.1. The summed E-state index contributed by atoms with van der Waals surface area (Å²) in [6.07, 6.45) is -29.3. The van der Waals surface area contributed by atoms with Gasteiger partial charge < -0.3 is 153 Å². The predicted molar refractivity (Wildman–Crippen MR) is 436 cm³/mol. The van der Waals surface area contributed by atoms with Gasteiger partial charge in [0.1, 0.15) is 126 Å². The SMILES string of the molecule is CN[C@H](CC(C)C)C(=O)N[C@H]1C(=O)N[C@@H](CC(N)=O)C(=O)N[C@H]2C(=O)N[C@H]3C(=O)N[C@H](C(=O)N[C@@H](C(=O)O)c4cc(O)cc(O)c4-c4cc3ccc4O)[C@H](O[C@H]3C[C@](C)(N)[C@@H](O)[C@H](C)O3)c3ccc(c(Cl)c3)Oc3cc2cc(c3OC2O[C@H](CO)[C@@H](O[C@H]3O[C@H](CNCc4ccc(-c5cccc(F)c5)s4)[C@H](O)[C@H](O)[C@H]3O)[C@H](O)[C@H]2O)Oc2ccc(cc2Cl)[C@H]1O. The second kappa shape index (κ2) is 38.3. The molecule has 8 aliphatic heterocycles. The number of carbonyl (C=O) groups is 8. The van der Waals surface area contributed by atoms with Crippen molar-refractivity contribution < 1.29 is 142 Å². The topological polar surface area (TPSA) is 601 Å². The van der Waals surface area contributed by atoms with Crippen LogP contribution in [0, 0.1) is 11.7 Å². The number of hydrogen-bond acceptors (Lipinski definition) is 31. The maximum atomic E-state index is 16.4. The molecule has 0 radical (unpaired) electrons. The number of ether oxygens (including phenoxy) is 8. The Hall–Kier alpha value is -10.6. The molecule has 7 aromatic rings. The minimum Gasteiger partial charge on any atom is -0.508 e. The van der Waals surface area contributed by atoms with Crippen molar-refractivity contribution >= 4 is 81.9 Å². The van der Waals surface area contributed by atoms with E-state index in [2.05, 4.69) is 42.5 Å². The monoisotopic (exact) mass is 1800 g/mol. The number of likely N-dealkylation sites (N-methyl/N-ethyl adjacent to an activating group) is 1. The van der Waals surface area contributed by atoms with Gasteiger partial charge in [0.2, 0.25) is 53.4 Å². The number of aromatic hydroxyl groups is 3. The van der Waals surface area contributed by atoms with Crippen molar-refractivity contribution in [3.05, 3.63) is 164 Å². The van der Waals surface area contributed by atoms with E-state index in [0.717, 1.165) is 76.5 Å². The van der Waals surface area contributed by atoms with Crippen molar-refractivity contribution in [1.29, 1.82) is 0 Å². The molecule has 9 heterocycles. The van der Waals surface area contributed by atoms with Gasteiger partial charge in [-0.1, -0.05) is 67.4 Å². The molecule has 15 rings (SSSR count). The Kier molecular flexibility index (Phi) is 28.3. The van der Waals surface area contributed by atoms with Gasteiger partial charge in [-0.3, -0.25) is 33.6 Å². The van der Waals surface area contributed by atoms with Gasteiger partial charge in [0.25, 0.3) is 0 Å². The molecule has 8 aliphatic rings. The van der Waals surface area contributed by atoms with E-state index in [0.29, 0.717) is 5.56 Å². The Morgan fingerprint density at radius 3 is 1.98 bits per heavy atom. The van der Waals surface area contributed by atoms with E-state index in [1.807, 2.05) is 0 Å². The van der Waals surface area contributed by atoms with Gasteiger partial charge in [-0.25, -0.2) is 9.18 Å². The van der Waals surface area contributed by atoms with E-state index in [9.17, 15) is 80.1 Å². The summed E-state index contributed by atoms with van der Waals surface area (Å²) < 4.78 is 65.3. The number of aliphatic hydroxyl groups is 8. The first-order chi connectivity index (χ1) is 59.3. The highest BCUT2D eigenvalue weighted by Crippen LogP contribution is 2.51. The number of phenols is 3. The number of benzene rings is 6. The molecule has 38 nitrogen and oxygen atoms in total. The normalized spacial score (nSPS) is 29.8. The van der Waals surface area contributed by atoms with Crippen molar-refractivity contribution in [2.75, 3.05) is 20.2 Å². The maximum Gasteiger partial charge on any atom is 0.330 e. The Balaban J connectivity index is 0.968. The number of rotatable bonds is 20. The van der Waals surface area contributed by atoms with Crippen LogP contribution in [0.3, 0.4) is 0 Å². The first-order valence-electron chi connectivity index (χ1n) is 39.5. The second-order valence-electron chi connectivity index (χ2n) is 31.7. The summed E-state index contributed by atoms with van der Waals surface area (Å²) in [7, 11) is 1.46. The third-order valence-corrected chi connectivity index (χ3v) is 23.8. The van der Waals surface area contributed by atoms with Gasteiger partial charge in [-0.15, -0.1) is 11.3 Å². The highest BCUT2D eigenvalue weighted by Gasteiger charge is 2.53. The molecule has 1 unspecified atom stereocenters. The Labute approximate surface area is 725 Å². The number of carboxylic acid groups (broad SMARTS) is 1. The van der Waals surface area contributed by atoms with Crippen molar-refractivity contribution in [3.63, 3.8) is 0 Å². The smallest absolute Gasteiger partial charge is 0.330 e. The standard InChI is InChI=1S/C83H93Cl2FN10O28S/c1-31(2)17-45(89-5)74(109)95-62-64(102)35-10-14-49(43(84)20-35)118-51-22-37-23-52(71(51)123-82-69(107)67(105)72(54(30-97)121-82)124-81-68(106)66(104)65(103)53(120-81)29-90-28-40-12-16-55(125-40)33-7-6-8-38(86)18-33)119-50-15-11-36(21-44(50)85)70(122-57-27-83(4,88)73(108)32(3)117-57)63-79(114)94-61(80(115)116)42-24-39(98)25-48(100)58(42)41-19-34(9-13-47(41)99)59(76(111)96-63)93-77(112)60(37)92-75(110)46(26-56(87)101)91-78(62)113/h6-16,18-25,31-32,45-46,53-54,57,59-70,72-73,81-82,89-90,97-100,102-108H,17,26-30,88H2,1-5H3,(H2,87,101)(H,91,113)(H,92,110)(H,93,112)(H,94,114)(H,95,109)(H,96,111)(H,115,116)/t32-,45+,46-,53+,54+,57-,59+,60+,61+,62+,63-,64+,65-,66-,67+,68+,69+,70+,72+,73-,81+,82?,83-/m0/s1. The number of amides is 7. The number of primary amides is 1. The summed E-state index contributed by atoms with van der Waals surface area (Å²) in [5.41, 5.74) is 8.58. The predicted octanol–water partition coefficient (Wildman–Crippen LogP) is 1.60. The van der Waals surface area contributed by atoms with Gasteiger partial charge in [0.15, 0.2) is 30.1 Å². The number of hydrogen-bond donors (Lipinski definition) is 22. The summed E-state index contributed by atoms with van der Waals surface area (Å²) in [6, 6.07) is 8.44. The number of fused-ring (bicyclic) bond motifs is 15. The van der Waals surface area contributed by atoms with Crippen LogP contribution in [0.5, 0.6) is 46.0 Å². The molecule has 24 N–H and O–H groups in total. The van der Waals surface area contributed by atoms with Crippen LogP contribution >= 0.6 is 34.5 Å². The largest absolute Gasteiger partial charge is 0.508 e. The minimum atomic E-state index is -2.43. The number of nitrogens with one attached hydrogen (secondary N) is 8. The fourth-order valence-corrected chi connectivity index (χ4v) is 17.0. The van der Waals surface area contributed by atoms with Crippen molar-refractivity contribution in [3.8, 4) is 67.6 Å². The van der Waals surface area contributed by atoms with Crippen LogP contribution in [0.1, 0.15) is 110 Å². The number of halogens is 3. The minimum absolute atomic E-state index is 0.133. The molecule has 125 heavy (non-hydrogen) atoms. The average Bonchev–Trinajstić information content (AvgIpc) is 0.882. The van der Waals surface area contributed by atoms with E-state index < -0.39 is 290 Å². The molecular weight excluding hydrogens is 1710 g/mol. The highest BCUT2D eigenvalue weighted by atomic mass is 35.5.